The Balaban J connectivity index is 1.93. The van der Waals surface area contributed by atoms with E-state index < -0.39 is 10.1 Å². The topological polar surface area (TPSA) is 43.4 Å². The van der Waals surface area contributed by atoms with Gasteiger partial charge in [-0.15, -0.1) is 0 Å². The van der Waals surface area contributed by atoms with E-state index in [1.165, 1.54) is 29.5 Å². The quantitative estimate of drug-likeness (QED) is 0.426. The number of allylic oxidation sites excluding steroid dienone is 1. The second-order valence-electron chi connectivity index (χ2n) is 9.29. The zero-order chi connectivity index (χ0) is 21.4. The highest BCUT2D eigenvalue weighted by Crippen LogP contribution is 2.46. The van der Waals surface area contributed by atoms with Crippen molar-refractivity contribution in [3.05, 3.63) is 64.7 Å². The third-order valence-corrected chi connectivity index (χ3v) is 7.53. The second-order valence-corrected chi connectivity index (χ2v) is 10.9. The molecule has 1 aliphatic rings. The molecule has 156 valence electrons. The van der Waals surface area contributed by atoms with E-state index in [-0.39, 0.29) is 22.3 Å². The Kier molecular flexibility index (Phi) is 5.81. The van der Waals surface area contributed by atoms with Crippen LogP contribution in [-0.2, 0) is 25.1 Å². The summed E-state index contributed by atoms with van der Waals surface area (Å²) in [5, 5.41) is 0. The van der Waals surface area contributed by atoms with Crippen molar-refractivity contribution in [1.29, 1.82) is 0 Å². The predicted molar refractivity (Wildman–Crippen MR) is 121 cm³/mol. The van der Waals surface area contributed by atoms with Gasteiger partial charge in [0.2, 0.25) is 0 Å². The monoisotopic (exact) mass is 412 g/mol. The summed E-state index contributed by atoms with van der Waals surface area (Å²) in [6, 6.07) is 13.7. The summed E-state index contributed by atoms with van der Waals surface area (Å²) < 4.78 is 28.9. The first-order valence-electron chi connectivity index (χ1n) is 10.3. The predicted octanol–water partition coefficient (Wildman–Crippen LogP) is 6.32. The molecule has 0 saturated heterocycles. The van der Waals surface area contributed by atoms with Crippen molar-refractivity contribution in [1.82, 2.24) is 0 Å². The maximum Gasteiger partial charge on any atom is 0.296 e. The third-order valence-electron chi connectivity index (χ3n) is 6.13. The molecule has 0 atom stereocenters. The van der Waals surface area contributed by atoms with Crippen LogP contribution in [0.15, 0.2) is 47.4 Å². The van der Waals surface area contributed by atoms with E-state index in [1.54, 1.807) is 19.1 Å². The molecular formula is C25H32O3S. The van der Waals surface area contributed by atoms with Gasteiger partial charge in [0.05, 0.1) is 11.5 Å². The molecule has 29 heavy (non-hydrogen) atoms. The lowest BCUT2D eigenvalue weighted by atomic mass is 9.63. The first-order chi connectivity index (χ1) is 13.5. The van der Waals surface area contributed by atoms with Crippen LogP contribution in [-0.4, -0.2) is 15.0 Å². The van der Waals surface area contributed by atoms with Crippen LogP contribution in [0.2, 0.25) is 0 Å². The zero-order valence-corrected chi connectivity index (χ0v) is 19.2. The van der Waals surface area contributed by atoms with Gasteiger partial charge in [0.1, 0.15) is 0 Å². The van der Waals surface area contributed by atoms with Crippen LogP contribution in [0.1, 0.15) is 76.6 Å². The van der Waals surface area contributed by atoms with E-state index in [0.29, 0.717) is 0 Å². The SMILES string of the molecule is CCOS(=O)(=O)c1ccc(C=C(C)c2ccc3c(c2)C(C)(C)CCC3(C)C)cc1. The Morgan fingerprint density at radius 2 is 1.55 bits per heavy atom. The van der Waals surface area contributed by atoms with Crippen molar-refractivity contribution < 1.29 is 12.6 Å². The van der Waals surface area contributed by atoms with E-state index in [1.807, 2.05) is 12.1 Å². The Morgan fingerprint density at radius 3 is 2.14 bits per heavy atom. The molecule has 0 aliphatic heterocycles. The highest BCUT2D eigenvalue weighted by molar-refractivity contribution is 7.86. The van der Waals surface area contributed by atoms with Crippen molar-refractivity contribution in [2.75, 3.05) is 6.61 Å². The smallest absolute Gasteiger partial charge is 0.267 e. The molecule has 0 spiro atoms. The fourth-order valence-corrected chi connectivity index (χ4v) is 5.04. The molecule has 2 aromatic carbocycles. The molecule has 0 fully saturated rings. The van der Waals surface area contributed by atoms with Crippen LogP contribution in [0.5, 0.6) is 0 Å². The van der Waals surface area contributed by atoms with Crippen LogP contribution in [0.25, 0.3) is 11.6 Å². The Morgan fingerprint density at radius 1 is 0.966 bits per heavy atom. The van der Waals surface area contributed by atoms with Crippen LogP contribution in [0, 0.1) is 0 Å². The van der Waals surface area contributed by atoms with Gasteiger partial charge in [-0.25, -0.2) is 0 Å². The van der Waals surface area contributed by atoms with Gasteiger partial charge in [0, 0.05) is 0 Å². The molecule has 0 aromatic heterocycles. The molecule has 0 heterocycles. The largest absolute Gasteiger partial charge is 0.296 e. The number of benzene rings is 2. The molecule has 0 saturated carbocycles. The summed E-state index contributed by atoms with van der Waals surface area (Å²) in [6.45, 7) is 13.2. The van der Waals surface area contributed by atoms with Gasteiger partial charge in [-0.2, -0.15) is 8.42 Å². The summed E-state index contributed by atoms with van der Waals surface area (Å²) in [5.41, 5.74) is 6.62. The highest BCUT2D eigenvalue weighted by Gasteiger charge is 2.36. The zero-order valence-electron chi connectivity index (χ0n) is 18.4. The summed E-state index contributed by atoms with van der Waals surface area (Å²) >= 11 is 0. The van der Waals surface area contributed by atoms with Gasteiger partial charge in [-0.3, -0.25) is 4.18 Å². The van der Waals surface area contributed by atoms with Crippen LogP contribution in [0.4, 0.5) is 0 Å². The molecule has 0 bridgehead atoms. The Bertz CT molecular complexity index is 1030. The minimum atomic E-state index is -3.66. The molecule has 3 nitrogen and oxygen atoms in total. The molecule has 0 amide bonds. The summed E-state index contributed by atoms with van der Waals surface area (Å²) in [5.74, 6) is 0. The lowest BCUT2D eigenvalue weighted by Gasteiger charge is -2.42. The number of hydrogen-bond donors (Lipinski definition) is 0. The van der Waals surface area contributed by atoms with Crippen molar-refractivity contribution in [3.8, 4) is 0 Å². The van der Waals surface area contributed by atoms with Crippen molar-refractivity contribution in [2.45, 2.75) is 70.1 Å². The maximum absolute atomic E-state index is 12.0. The molecule has 4 heteroatoms. The van der Waals surface area contributed by atoms with Crippen LogP contribution < -0.4 is 0 Å². The minimum absolute atomic E-state index is 0.134. The summed E-state index contributed by atoms with van der Waals surface area (Å²) in [7, 11) is -3.66. The van der Waals surface area contributed by atoms with Gasteiger partial charge in [-0.1, -0.05) is 64.1 Å². The Hall–Kier alpha value is -1.91. The molecule has 3 rings (SSSR count). The number of hydrogen-bond acceptors (Lipinski definition) is 3. The van der Waals surface area contributed by atoms with E-state index >= 15 is 0 Å². The van der Waals surface area contributed by atoms with E-state index in [4.69, 9.17) is 4.18 Å². The molecular weight excluding hydrogens is 380 g/mol. The second kappa shape index (κ2) is 7.73. The van der Waals surface area contributed by atoms with Gasteiger partial charge >= 0.3 is 0 Å². The van der Waals surface area contributed by atoms with Gasteiger partial charge in [-0.05, 0) is 77.5 Å². The number of fused-ring (bicyclic) bond motifs is 1. The van der Waals surface area contributed by atoms with Crippen molar-refractivity contribution in [2.24, 2.45) is 0 Å². The van der Waals surface area contributed by atoms with Gasteiger partial charge in [0.15, 0.2) is 0 Å². The standard InChI is InChI=1S/C25H32O3S/c1-7-28-29(26,27)21-11-8-19(9-12-21)16-18(2)20-10-13-22-23(17-20)25(5,6)15-14-24(22,3)4/h8-13,16-17H,7,14-15H2,1-6H3. The molecule has 0 unspecified atom stereocenters. The van der Waals surface area contributed by atoms with E-state index in [0.717, 1.165) is 11.1 Å². The van der Waals surface area contributed by atoms with Gasteiger partial charge < -0.3 is 0 Å². The molecule has 2 aromatic rings. The lowest BCUT2D eigenvalue weighted by Crippen LogP contribution is -2.33. The Labute approximate surface area is 175 Å². The minimum Gasteiger partial charge on any atom is -0.267 e. The van der Waals surface area contributed by atoms with Crippen LogP contribution in [0.3, 0.4) is 0 Å². The number of rotatable bonds is 5. The normalized spacial score (nSPS) is 18.3. The van der Waals surface area contributed by atoms with Crippen molar-refractivity contribution in [3.63, 3.8) is 0 Å². The van der Waals surface area contributed by atoms with E-state index in [9.17, 15) is 8.42 Å². The fraction of sp³-hybridized carbons (Fsp3) is 0.440. The van der Waals surface area contributed by atoms with Crippen LogP contribution >= 0.6 is 0 Å². The van der Waals surface area contributed by atoms with E-state index in [2.05, 4.69) is 58.9 Å². The summed E-state index contributed by atoms with van der Waals surface area (Å²) in [6.07, 6.45) is 4.49. The average molecular weight is 413 g/mol. The summed E-state index contributed by atoms with van der Waals surface area (Å²) in [4.78, 5) is 0.187. The average Bonchev–Trinajstić information content (AvgIpc) is 2.66. The van der Waals surface area contributed by atoms with Gasteiger partial charge in [0.25, 0.3) is 10.1 Å². The third kappa shape index (κ3) is 4.49. The highest BCUT2D eigenvalue weighted by atomic mass is 32.2. The maximum atomic E-state index is 12.0. The molecule has 0 N–H and O–H groups in total. The first-order valence-corrected chi connectivity index (χ1v) is 11.7. The molecule has 0 radical (unpaired) electrons. The fourth-order valence-electron chi connectivity index (χ4n) is 4.12. The molecule has 1 aliphatic carbocycles. The van der Waals surface area contributed by atoms with Crippen molar-refractivity contribution >= 4 is 21.8 Å². The first kappa shape index (κ1) is 21.8. The lowest BCUT2D eigenvalue weighted by molar-refractivity contribution is 0.332.